The Labute approximate surface area is 149 Å². The van der Waals surface area contributed by atoms with E-state index in [0.29, 0.717) is 5.52 Å². The van der Waals surface area contributed by atoms with Crippen LogP contribution in [0.1, 0.15) is 42.1 Å². The van der Waals surface area contributed by atoms with Gasteiger partial charge in [-0.3, -0.25) is 4.79 Å². The van der Waals surface area contributed by atoms with Crippen molar-refractivity contribution in [3.05, 3.63) is 39.9 Å². The fourth-order valence-electron chi connectivity index (χ4n) is 2.90. The molecule has 138 valence electrons. The summed E-state index contributed by atoms with van der Waals surface area (Å²) in [5, 5.41) is 0.165. The number of halogens is 1. The number of pyridine rings is 1. The molecule has 0 N–H and O–H groups in total. The summed E-state index contributed by atoms with van der Waals surface area (Å²) < 4.78 is 31.8. The van der Waals surface area contributed by atoms with Gasteiger partial charge < -0.3 is 18.8 Å². The van der Waals surface area contributed by atoms with Crippen LogP contribution in [0.25, 0.3) is 10.9 Å². The van der Waals surface area contributed by atoms with Crippen LogP contribution in [0.15, 0.2) is 23.1 Å². The van der Waals surface area contributed by atoms with Gasteiger partial charge in [0.2, 0.25) is 5.43 Å². The van der Waals surface area contributed by atoms with E-state index in [4.69, 9.17) is 14.2 Å². The Morgan fingerprint density at radius 2 is 2.00 bits per heavy atom. The van der Waals surface area contributed by atoms with Crippen molar-refractivity contribution in [2.75, 3.05) is 20.3 Å². The van der Waals surface area contributed by atoms with Crippen molar-refractivity contribution >= 4 is 16.9 Å². The third-order valence-corrected chi connectivity index (χ3v) is 4.58. The maximum Gasteiger partial charge on any atom is 0.343 e. The average Bonchev–Trinajstić information content (AvgIpc) is 3.51. The second-order valence-electron chi connectivity index (χ2n) is 6.76. The molecular formula is C19H20FNO5. The number of carbonyl (C=O) groups is 1. The van der Waals surface area contributed by atoms with Gasteiger partial charge in [0.25, 0.3) is 0 Å². The summed E-state index contributed by atoms with van der Waals surface area (Å²) in [5.41, 5.74) is -0.0325. The highest BCUT2D eigenvalue weighted by Crippen LogP contribution is 2.38. The topological polar surface area (TPSA) is 66.8 Å². The number of hydrogen-bond donors (Lipinski definition) is 0. The van der Waals surface area contributed by atoms with Crippen molar-refractivity contribution in [1.29, 1.82) is 0 Å². The lowest BCUT2D eigenvalue weighted by Gasteiger charge is -2.14. The molecule has 2 fully saturated rings. The SMILES string of the molecule is COCCOC(=O)c1cn(C2CC2)c2cc(OC3CC3)c(F)cc2c1=O. The molecule has 26 heavy (non-hydrogen) atoms. The molecule has 2 aliphatic carbocycles. The van der Waals surface area contributed by atoms with Crippen LogP contribution < -0.4 is 10.2 Å². The molecule has 0 amide bonds. The Balaban J connectivity index is 1.78. The molecule has 0 aliphatic heterocycles. The summed E-state index contributed by atoms with van der Waals surface area (Å²) >= 11 is 0. The molecule has 0 radical (unpaired) electrons. The second kappa shape index (κ2) is 6.72. The number of benzene rings is 1. The van der Waals surface area contributed by atoms with Crippen molar-refractivity contribution < 1.29 is 23.4 Å². The quantitative estimate of drug-likeness (QED) is 0.560. The van der Waals surface area contributed by atoms with Gasteiger partial charge in [-0.05, 0) is 31.7 Å². The Hall–Kier alpha value is -2.41. The van der Waals surface area contributed by atoms with Crippen molar-refractivity contribution in [1.82, 2.24) is 4.57 Å². The van der Waals surface area contributed by atoms with E-state index in [9.17, 15) is 14.0 Å². The zero-order chi connectivity index (χ0) is 18.3. The second-order valence-corrected chi connectivity index (χ2v) is 6.76. The number of methoxy groups -OCH3 is 1. The Morgan fingerprint density at radius 1 is 1.23 bits per heavy atom. The molecule has 0 unspecified atom stereocenters. The van der Waals surface area contributed by atoms with E-state index in [0.717, 1.165) is 25.7 Å². The maximum absolute atomic E-state index is 14.4. The van der Waals surface area contributed by atoms with Crippen LogP contribution in [-0.2, 0) is 9.47 Å². The van der Waals surface area contributed by atoms with Crippen LogP contribution in [0.5, 0.6) is 5.75 Å². The van der Waals surface area contributed by atoms with Crippen LogP contribution in [0.4, 0.5) is 4.39 Å². The minimum atomic E-state index is -0.720. The van der Waals surface area contributed by atoms with Crippen molar-refractivity contribution in [3.8, 4) is 5.75 Å². The Morgan fingerprint density at radius 3 is 2.65 bits per heavy atom. The molecule has 0 bridgehead atoms. The summed E-state index contributed by atoms with van der Waals surface area (Å²) in [7, 11) is 1.49. The summed E-state index contributed by atoms with van der Waals surface area (Å²) in [4.78, 5) is 25.0. The molecular weight excluding hydrogens is 341 g/mol. The number of rotatable bonds is 7. The molecule has 0 saturated heterocycles. The molecule has 2 aliphatic rings. The van der Waals surface area contributed by atoms with Gasteiger partial charge in [0.05, 0.1) is 18.2 Å². The smallest absolute Gasteiger partial charge is 0.343 e. The van der Waals surface area contributed by atoms with Gasteiger partial charge in [0.15, 0.2) is 11.6 Å². The standard InChI is InChI=1S/C19H20FNO5/c1-24-6-7-25-19(23)14-10-21(11-2-3-11)16-9-17(26-12-4-5-12)15(20)8-13(16)18(14)22/h8-12H,2-7H2,1H3. The van der Waals surface area contributed by atoms with Crippen molar-refractivity contribution in [3.63, 3.8) is 0 Å². The molecule has 1 aromatic heterocycles. The fraction of sp³-hybridized carbons (Fsp3) is 0.474. The minimum Gasteiger partial charge on any atom is -0.487 e. The third-order valence-electron chi connectivity index (χ3n) is 4.58. The molecule has 2 saturated carbocycles. The molecule has 7 heteroatoms. The number of hydrogen-bond acceptors (Lipinski definition) is 5. The first-order valence-corrected chi connectivity index (χ1v) is 8.79. The van der Waals surface area contributed by atoms with Crippen molar-refractivity contribution in [2.45, 2.75) is 37.8 Å². The zero-order valence-electron chi connectivity index (χ0n) is 14.5. The third kappa shape index (κ3) is 3.31. The fourth-order valence-corrected chi connectivity index (χ4v) is 2.90. The number of aromatic nitrogens is 1. The lowest BCUT2D eigenvalue weighted by atomic mass is 10.1. The number of nitrogens with zero attached hydrogens (tertiary/aromatic N) is 1. The largest absolute Gasteiger partial charge is 0.487 e. The summed E-state index contributed by atoms with van der Waals surface area (Å²) in [6.45, 7) is 0.297. The average molecular weight is 361 g/mol. The molecule has 0 atom stereocenters. The first kappa shape index (κ1) is 17.0. The summed E-state index contributed by atoms with van der Waals surface area (Å²) in [6, 6.07) is 2.94. The van der Waals surface area contributed by atoms with Gasteiger partial charge in [0, 0.05) is 30.8 Å². The van der Waals surface area contributed by atoms with Crippen LogP contribution in [-0.4, -0.2) is 37.0 Å². The predicted octanol–water partition coefficient (Wildman–Crippen LogP) is 2.82. The van der Waals surface area contributed by atoms with Gasteiger partial charge in [-0.15, -0.1) is 0 Å². The van der Waals surface area contributed by atoms with Gasteiger partial charge in [-0.2, -0.15) is 0 Å². The van der Waals surface area contributed by atoms with Gasteiger partial charge in [0.1, 0.15) is 12.2 Å². The van der Waals surface area contributed by atoms with E-state index < -0.39 is 17.2 Å². The van der Waals surface area contributed by atoms with Gasteiger partial charge >= 0.3 is 5.97 Å². The van der Waals surface area contributed by atoms with Crippen LogP contribution >= 0.6 is 0 Å². The molecule has 4 rings (SSSR count). The van der Waals surface area contributed by atoms with Crippen LogP contribution in [0.2, 0.25) is 0 Å². The van der Waals surface area contributed by atoms with Crippen molar-refractivity contribution in [2.24, 2.45) is 0 Å². The monoisotopic (exact) mass is 361 g/mol. The number of fused-ring (bicyclic) bond motifs is 1. The maximum atomic E-state index is 14.4. The number of ether oxygens (including phenoxy) is 3. The van der Waals surface area contributed by atoms with E-state index in [1.54, 1.807) is 6.07 Å². The highest BCUT2D eigenvalue weighted by molar-refractivity contribution is 5.94. The van der Waals surface area contributed by atoms with E-state index >= 15 is 0 Å². The molecule has 0 spiro atoms. The molecule has 1 heterocycles. The highest BCUT2D eigenvalue weighted by Gasteiger charge is 2.29. The lowest BCUT2D eigenvalue weighted by Crippen LogP contribution is -2.22. The molecule has 6 nitrogen and oxygen atoms in total. The first-order chi connectivity index (χ1) is 12.6. The first-order valence-electron chi connectivity index (χ1n) is 8.79. The van der Waals surface area contributed by atoms with E-state index in [-0.39, 0.29) is 42.1 Å². The number of esters is 1. The van der Waals surface area contributed by atoms with Crippen LogP contribution in [0, 0.1) is 5.82 Å². The molecule has 1 aromatic carbocycles. The van der Waals surface area contributed by atoms with Gasteiger partial charge in [-0.1, -0.05) is 0 Å². The highest BCUT2D eigenvalue weighted by atomic mass is 19.1. The normalized spacial score (nSPS) is 16.7. The van der Waals surface area contributed by atoms with E-state index in [1.807, 2.05) is 4.57 Å². The summed E-state index contributed by atoms with van der Waals surface area (Å²) in [6.07, 6.45) is 5.31. The number of carbonyl (C=O) groups excluding carboxylic acids is 1. The zero-order valence-corrected chi connectivity index (χ0v) is 14.5. The lowest BCUT2D eigenvalue weighted by molar-refractivity contribution is 0.0386. The van der Waals surface area contributed by atoms with E-state index in [2.05, 4.69) is 0 Å². The van der Waals surface area contributed by atoms with Crippen LogP contribution in [0.3, 0.4) is 0 Å². The summed E-state index contributed by atoms with van der Waals surface area (Å²) in [5.74, 6) is -1.15. The predicted molar refractivity (Wildman–Crippen MR) is 92.2 cm³/mol. The Bertz CT molecular complexity index is 914. The Kier molecular flexibility index (Phi) is 4.40. The van der Waals surface area contributed by atoms with Gasteiger partial charge in [-0.25, -0.2) is 9.18 Å². The minimum absolute atomic E-state index is 0.0538. The van der Waals surface area contributed by atoms with E-state index in [1.165, 1.54) is 19.4 Å². The molecule has 2 aromatic rings.